The van der Waals surface area contributed by atoms with Crippen LogP contribution in [-0.2, 0) is 24.1 Å². The van der Waals surface area contributed by atoms with Crippen LogP contribution in [0.4, 0.5) is 5.95 Å². The molecule has 6 nitrogen and oxygen atoms in total. The molecule has 192 valence electrons. The van der Waals surface area contributed by atoms with Crippen molar-refractivity contribution in [3.63, 3.8) is 0 Å². The van der Waals surface area contributed by atoms with E-state index in [1.54, 1.807) is 0 Å². The monoisotopic (exact) mass is 495 g/mol. The van der Waals surface area contributed by atoms with Crippen LogP contribution in [0.15, 0.2) is 54.7 Å². The summed E-state index contributed by atoms with van der Waals surface area (Å²) in [7, 11) is 0. The third-order valence-electron chi connectivity index (χ3n) is 8.47. The minimum absolute atomic E-state index is 0.188. The molecule has 0 radical (unpaired) electrons. The number of rotatable bonds is 5. The Morgan fingerprint density at radius 1 is 0.919 bits per heavy atom. The zero-order valence-corrected chi connectivity index (χ0v) is 21.9. The van der Waals surface area contributed by atoms with Crippen molar-refractivity contribution < 1.29 is 4.79 Å². The molecule has 2 fully saturated rings. The first-order chi connectivity index (χ1) is 18.1. The number of fused-ring (bicyclic) bond motifs is 1. The van der Waals surface area contributed by atoms with Crippen LogP contribution in [-0.4, -0.2) is 71.0 Å². The summed E-state index contributed by atoms with van der Waals surface area (Å²) in [6, 6.07) is 17.6. The first-order valence-corrected chi connectivity index (χ1v) is 13.9. The van der Waals surface area contributed by atoms with Gasteiger partial charge in [0.25, 0.3) is 0 Å². The Labute approximate surface area is 220 Å². The van der Waals surface area contributed by atoms with Crippen LogP contribution in [0.3, 0.4) is 0 Å². The van der Waals surface area contributed by atoms with Crippen LogP contribution >= 0.6 is 0 Å². The van der Waals surface area contributed by atoms with E-state index in [0.717, 1.165) is 79.9 Å². The molecule has 0 atom stereocenters. The Morgan fingerprint density at radius 2 is 1.68 bits per heavy atom. The van der Waals surface area contributed by atoms with Gasteiger partial charge in [-0.15, -0.1) is 0 Å². The summed E-state index contributed by atoms with van der Waals surface area (Å²) in [6.45, 7) is 7.75. The Kier molecular flexibility index (Phi) is 6.92. The van der Waals surface area contributed by atoms with Crippen molar-refractivity contribution in [1.29, 1.82) is 0 Å². The topological polar surface area (TPSA) is 52.6 Å². The molecule has 6 heteroatoms. The van der Waals surface area contributed by atoms with Gasteiger partial charge in [0.05, 0.1) is 12.1 Å². The molecule has 1 aromatic heterocycles. The van der Waals surface area contributed by atoms with Crippen molar-refractivity contribution in [2.75, 3.05) is 44.2 Å². The number of piperazine rings is 1. The maximum atomic E-state index is 13.4. The summed E-state index contributed by atoms with van der Waals surface area (Å²) in [6.07, 6.45) is 8.15. The van der Waals surface area contributed by atoms with Gasteiger partial charge in [0.15, 0.2) is 0 Å². The predicted octanol–water partition coefficient (Wildman–Crippen LogP) is 4.30. The lowest BCUT2D eigenvalue weighted by atomic mass is 9.91. The maximum Gasteiger partial charge on any atom is 0.227 e. The van der Waals surface area contributed by atoms with Crippen LogP contribution < -0.4 is 4.90 Å². The highest BCUT2D eigenvalue weighted by Gasteiger charge is 2.29. The Bertz CT molecular complexity index is 1240. The van der Waals surface area contributed by atoms with Crippen LogP contribution in [0, 0.1) is 6.92 Å². The van der Waals surface area contributed by atoms with E-state index in [4.69, 9.17) is 9.97 Å². The number of hydrogen-bond acceptors (Lipinski definition) is 5. The molecule has 2 aliphatic heterocycles. The Morgan fingerprint density at radius 3 is 2.43 bits per heavy atom. The van der Waals surface area contributed by atoms with Gasteiger partial charge in [-0.1, -0.05) is 60.5 Å². The van der Waals surface area contributed by atoms with Crippen LogP contribution in [0.5, 0.6) is 0 Å². The lowest BCUT2D eigenvalue weighted by molar-refractivity contribution is -0.130. The number of carbonyl (C=O) groups excluding carboxylic acids is 1. The van der Waals surface area contributed by atoms with E-state index in [-0.39, 0.29) is 5.91 Å². The van der Waals surface area contributed by atoms with Crippen molar-refractivity contribution >= 4 is 11.9 Å². The highest BCUT2D eigenvalue weighted by atomic mass is 16.2. The van der Waals surface area contributed by atoms with E-state index >= 15 is 0 Å². The van der Waals surface area contributed by atoms with Gasteiger partial charge >= 0.3 is 0 Å². The van der Waals surface area contributed by atoms with Gasteiger partial charge in [-0.2, -0.15) is 0 Å². The molecule has 0 bridgehead atoms. The molecule has 37 heavy (non-hydrogen) atoms. The van der Waals surface area contributed by atoms with Gasteiger partial charge in [-0.25, -0.2) is 9.97 Å². The SMILES string of the molecule is Cc1ccc(-c2ccccc2CC(=O)N2CCc3cnc(N4CCN(C5CCC5)CC4)nc3CC2)cc1. The maximum absolute atomic E-state index is 13.4. The summed E-state index contributed by atoms with van der Waals surface area (Å²) in [5, 5.41) is 0. The number of amides is 1. The molecular formula is C31H37N5O. The van der Waals surface area contributed by atoms with Crippen molar-refractivity contribution in [3.05, 3.63) is 77.1 Å². The molecule has 1 saturated heterocycles. The Hall–Kier alpha value is -3.25. The third kappa shape index (κ3) is 5.26. The number of hydrogen-bond donors (Lipinski definition) is 0. The standard InChI is InChI=1S/C31H37N5O/c1-23-9-11-24(12-10-23)28-8-3-2-5-25(28)21-30(37)35-15-13-26-22-32-31(33-29(26)14-16-35)36-19-17-34(18-20-36)27-6-4-7-27/h2-3,5,8-12,22,27H,4,6-7,13-21H2,1H3. The normalized spacial score (nSPS) is 18.7. The first-order valence-electron chi connectivity index (χ1n) is 13.9. The molecule has 3 heterocycles. The molecule has 6 rings (SSSR count). The van der Waals surface area contributed by atoms with Gasteiger partial charge in [-0.05, 0) is 48.4 Å². The molecule has 1 amide bonds. The van der Waals surface area contributed by atoms with Crippen LogP contribution in [0.2, 0.25) is 0 Å². The molecule has 0 spiro atoms. The van der Waals surface area contributed by atoms with Gasteiger partial charge < -0.3 is 9.80 Å². The average molecular weight is 496 g/mol. The predicted molar refractivity (Wildman–Crippen MR) is 148 cm³/mol. The summed E-state index contributed by atoms with van der Waals surface area (Å²) < 4.78 is 0. The average Bonchev–Trinajstić information content (AvgIpc) is 3.11. The molecule has 0 unspecified atom stereocenters. The second kappa shape index (κ2) is 10.6. The summed E-state index contributed by atoms with van der Waals surface area (Å²) in [5.41, 5.74) is 6.93. The summed E-state index contributed by atoms with van der Waals surface area (Å²) >= 11 is 0. The molecule has 3 aliphatic rings. The lowest BCUT2D eigenvalue weighted by Crippen LogP contribution is -2.52. The first kappa shape index (κ1) is 24.1. The lowest BCUT2D eigenvalue weighted by Gasteiger charge is -2.43. The molecular weight excluding hydrogens is 458 g/mol. The smallest absolute Gasteiger partial charge is 0.227 e. The summed E-state index contributed by atoms with van der Waals surface area (Å²) in [4.78, 5) is 30.2. The number of aryl methyl sites for hydroxylation is 1. The quantitative estimate of drug-likeness (QED) is 0.528. The zero-order chi connectivity index (χ0) is 25.2. The number of benzene rings is 2. The van der Waals surface area contributed by atoms with Crippen molar-refractivity contribution in [3.8, 4) is 11.1 Å². The highest BCUT2D eigenvalue weighted by Crippen LogP contribution is 2.27. The Balaban J connectivity index is 1.10. The van der Waals surface area contributed by atoms with Gasteiger partial charge in [0.2, 0.25) is 11.9 Å². The van der Waals surface area contributed by atoms with E-state index in [1.807, 2.05) is 17.2 Å². The van der Waals surface area contributed by atoms with E-state index in [0.29, 0.717) is 13.0 Å². The van der Waals surface area contributed by atoms with Gasteiger partial charge in [-0.3, -0.25) is 9.69 Å². The fraction of sp³-hybridized carbons (Fsp3) is 0.452. The summed E-state index contributed by atoms with van der Waals surface area (Å²) in [5.74, 6) is 1.05. The highest BCUT2D eigenvalue weighted by molar-refractivity contribution is 5.82. The van der Waals surface area contributed by atoms with Gasteiger partial charge in [0.1, 0.15) is 0 Å². The third-order valence-corrected chi connectivity index (χ3v) is 8.47. The number of carbonyl (C=O) groups is 1. The number of nitrogens with zero attached hydrogens (tertiary/aromatic N) is 5. The van der Waals surface area contributed by atoms with Crippen LogP contribution in [0.1, 0.15) is 41.6 Å². The molecule has 1 aliphatic carbocycles. The molecule has 3 aromatic rings. The minimum Gasteiger partial charge on any atom is -0.342 e. The molecule has 1 saturated carbocycles. The van der Waals surface area contributed by atoms with Crippen molar-refractivity contribution in [2.45, 2.75) is 51.5 Å². The fourth-order valence-electron chi connectivity index (χ4n) is 5.87. The van der Waals surface area contributed by atoms with Gasteiger partial charge in [0, 0.05) is 57.9 Å². The molecule has 2 aromatic carbocycles. The zero-order valence-electron chi connectivity index (χ0n) is 21.9. The van der Waals surface area contributed by atoms with E-state index in [2.05, 4.69) is 59.2 Å². The number of anilines is 1. The van der Waals surface area contributed by atoms with Crippen molar-refractivity contribution in [1.82, 2.24) is 19.8 Å². The second-order valence-corrected chi connectivity index (χ2v) is 10.8. The van der Waals surface area contributed by atoms with E-state index < -0.39 is 0 Å². The minimum atomic E-state index is 0.188. The second-order valence-electron chi connectivity index (χ2n) is 10.8. The fourth-order valence-corrected chi connectivity index (χ4v) is 5.87. The molecule has 0 N–H and O–H groups in total. The van der Waals surface area contributed by atoms with E-state index in [1.165, 1.54) is 30.4 Å². The van der Waals surface area contributed by atoms with Crippen molar-refractivity contribution in [2.24, 2.45) is 0 Å². The van der Waals surface area contributed by atoms with Crippen LogP contribution in [0.25, 0.3) is 11.1 Å². The van der Waals surface area contributed by atoms with E-state index in [9.17, 15) is 4.79 Å². The number of aromatic nitrogens is 2. The largest absolute Gasteiger partial charge is 0.342 e.